The molecular weight excluding hydrogens is 311 g/mol. The van der Waals surface area contributed by atoms with E-state index in [1.54, 1.807) is 24.4 Å². The number of rotatable bonds is 4. The minimum absolute atomic E-state index is 0.182. The second-order valence-electron chi connectivity index (χ2n) is 5.24. The van der Waals surface area contributed by atoms with Crippen LogP contribution in [0.3, 0.4) is 0 Å². The zero-order valence-electron chi connectivity index (χ0n) is 12.9. The van der Waals surface area contributed by atoms with E-state index >= 15 is 0 Å². The maximum absolute atomic E-state index is 13.9. The molecule has 0 aliphatic heterocycles. The molecule has 7 heteroatoms. The van der Waals surface area contributed by atoms with E-state index in [0.717, 1.165) is 0 Å². The molecule has 0 unspecified atom stereocenters. The lowest BCUT2D eigenvalue weighted by molar-refractivity contribution is -0.114. The van der Waals surface area contributed by atoms with E-state index in [1.165, 1.54) is 35.6 Å². The van der Waals surface area contributed by atoms with E-state index in [2.05, 4.69) is 15.6 Å². The van der Waals surface area contributed by atoms with Gasteiger partial charge in [-0.25, -0.2) is 9.37 Å². The molecule has 0 bridgehead atoms. The summed E-state index contributed by atoms with van der Waals surface area (Å²) in [7, 11) is 0. The Bertz CT molecular complexity index is 968. The average molecular weight is 326 g/mol. The number of halogens is 1. The molecule has 3 rings (SSSR count). The molecule has 0 spiro atoms. The molecule has 3 aromatic rings. The first-order valence-corrected chi connectivity index (χ1v) is 7.31. The summed E-state index contributed by atoms with van der Waals surface area (Å²) in [5, 5.41) is 5.49. The number of carbonyl (C=O) groups is 1. The number of amides is 1. The second kappa shape index (κ2) is 6.49. The lowest BCUT2D eigenvalue weighted by Crippen LogP contribution is -2.16. The summed E-state index contributed by atoms with van der Waals surface area (Å²) >= 11 is 0. The van der Waals surface area contributed by atoms with Crippen LogP contribution >= 0.6 is 0 Å². The highest BCUT2D eigenvalue weighted by atomic mass is 19.1. The van der Waals surface area contributed by atoms with Crippen molar-refractivity contribution in [3.8, 4) is 0 Å². The van der Waals surface area contributed by atoms with Gasteiger partial charge in [-0.1, -0.05) is 6.07 Å². The number of hydrogen-bond acceptors (Lipinski definition) is 4. The van der Waals surface area contributed by atoms with Gasteiger partial charge in [-0.3, -0.25) is 14.0 Å². The standard InChI is InChI=1S/C17H15FN4O2/c1-11(23)20-12-5-6-14(18)15(8-12)19-10-13-9-17(24)22-7-3-2-4-16(22)21-13/h2-9,19H,10H2,1H3,(H,20,23). The maximum Gasteiger partial charge on any atom is 0.258 e. The van der Waals surface area contributed by atoms with Crippen molar-refractivity contribution < 1.29 is 9.18 Å². The van der Waals surface area contributed by atoms with Gasteiger partial charge in [0.1, 0.15) is 11.5 Å². The van der Waals surface area contributed by atoms with Crippen LogP contribution in [0.1, 0.15) is 12.6 Å². The van der Waals surface area contributed by atoms with Crippen LogP contribution in [-0.2, 0) is 11.3 Å². The summed E-state index contributed by atoms with van der Waals surface area (Å²) in [6, 6.07) is 10.9. The first-order valence-electron chi connectivity index (χ1n) is 7.31. The van der Waals surface area contributed by atoms with Crippen molar-refractivity contribution in [3.63, 3.8) is 0 Å². The van der Waals surface area contributed by atoms with Crippen LogP contribution in [-0.4, -0.2) is 15.3 Å². The molecule has 2 N–H and O–H groups in total. The van der Waals surface area contributed by atoms with Crippen LogP contribution in [0, 0.1) is 5.82 Å². The Kier molecular flexibility index (Phi) is 4.24. The molecule has 0 radical (unpaired) electrons. The molecular formula is C17H15FN4O2. The normalized spacial score (nSPS) is 10.6. The van der Waals surface area contributed by atoms with Gasteiger partial charge in [0.25, 0.3) is 5.56 Å². The highest BCUT2D eigenvalue weighted by molar-refractivity contribution is 5.89. The van der Waals surface area contributed by atoms with Crippen molar-refractivity contribution in [1.82, 2.24) is 9.38 Å². The minimum atomic E-state index is -0.457. The average Bonchev–Trinajstić information content (AvgIpc) is 2.55. The number of aromatic nitrogens is 2. The summed E-state index contributed by atoms with van der Waals surface area (Å²) in [5.41, 5.74) is 1.52. The highest BCUT2D eigenvalue weighted by Gasteiger charge is 2.06. The number of nitrogens with one attached hydrogen (secondary N) is 2. The fourth-order valence-electron chi connectivity index (χ4n) is 2.32. The number of fused-ring (bicyclic) bond motifs is 1. The fraction of sp³-hybridized carbons (Fsp3) is 0.118. The largest absolute Gasteiger partial charge is 0.377 e. The molecule has 1 amide bonds. The zero-order chi connectivity index (χ0) is 17.1. The van der Waals surface area contributed by atoms with Gasteiger partial charge in [0.05, 0.1) is 17.9 Å². The Labute approximate surface area is 137 Å². The van der Waals surface area contributed by atoms with Crippen molar-refractivity contribution in [2.45, 2.75) is 13.5 Å². The first-order chi connectivity index (χ1) is 11.5. The maximum atomic E-state index is 13.9. The fourth-order valence-corrected chi connectivity index (χ4v) is 2.32. The van der Waals surface area contributed by atoms with Crippen molar-refractivity contribution in [1.29, 1.82) is 0 Å². The van der Waals surface area contributed by atoms with Gasteiger partial charge in [-0.15, -0.1) is 0 Å². The van der Waals surface area contributed by atoms with Crippen LogP contribution in [0.2, 0.25) is 0 Å². The summed E-state index contributed by atoms with van der Waals surface area (Å²) in [4.78, 5) is 27.5. The third-order valence-corrected chi connectivity index (χ3v) is 3.37. The quantitative estimate of drug-likeness (QED) is 0.772. The van der Waals surface area contributed by atoms with Crippen LogP contribution in [0.25, 0.3) is 5.65 Å². The number of pyridine rings is 1. The Balaban J connectivity index is 1.83. The molecule has 6 nitrogen and oxygen atoms in total. The van der Waals surface area contributed by atoms with Crippen LogP contribution in [0.15, 0.2) is 53.5 Å². The Morgan fingerprint density at radius 3 is 2.88 bits per heavy atom. The minimum Gasteiger partial charge on any atom is -0.377 e. The van der Waals surface area contributed by atoms with Crippen molar-refractivity contribution >= 4 is 22.9 Å². The number of carbonyl (C=O) groups excluding carboxylic acids is 1. The Hall–Kier alpha value is -3.22. The van der Waals surface area contributed by atoms with Gasteiger partial charge in [0.15, 0.2) is 0 Å². The number of hydrogen-bond donors (Lipinski definition) is 2. The van der Waals surface area contributed by atoms with Crippen molar-refractivity contribution in [2.24, 2.45) is 0 Å². The highest BCUT2D eigenvalue weighted by Crippen LogP contribution is 2.20. The molecule has 1 aromatic carbocycles. The van der Waals surface area contributed by atoms with E-state index in [0.29, 0.717) is 17.0 Å². The number of nitrogens with zero attached hydrogens (tertiary/aromatic N) is 2. The molecule has 2 heterocycles. The summed E-state index contributed by atoms with van der Waals surface area (Å²) in [6.45, 7) is 1.56. The molecule has 0 fully saturated rings. The van der Waals surface area contributed by atoms with Crippen LogP contribution < -0.4 is 16.2 Å². The monoisotopic (exact) mass is 326 g/mol. The SMILES string of the molecule is CC(=O)Nc1ccc(F)c(NCc2cc(=O)n3ccccc3n2)c1. The summed E-state index contributed by atoms with van der Waals surface area (Å²) < 4.78 is 15.3. The van der Waals surface area contributed by atoms with E-state index in [4.69, 9.17) is 0 Å². The van der Waals surface area contributed by atoms with Gasteiger partial charge < -0.3 is 10.6 Å². The lowest BCUT2D eigenvalue weighted by Gasteiger charge is -2.10. The smallest absolute Gasteiger partial charge is 0.258 e. The first kappa shape index (κ1) is 15.7. The topological polar surface area (TPSA) is 75.5 Å². The van der Waals surface area contributed by atoms with Gasteiger partial charge >= 0.3 is 0 Å². The van der Waals surface area contributed by atoms with E-state index in [-0.39, 0.29) is 23.7 Å². The third kappa shape index (κ3) is 3.40. The van der Waals surface area contributed by atoms with Crippen LogP contribution in [0.4, 0.5) is 15.8 Å². The molecule has 0 atom stereocenters. The van der Waals surface area contributed by atoms with Gasteiger partial charge in [0.2, 0.25) is 5.91 Å². The van der Waals surface area contributed by atoms with Crippen molar-refractivity contribution in [2.75, 3.05) is 10.6 Å². The second-order valence-corrected chi connectivity index (χ2v) is 5.24. The Morgan fingerprint density at radius 2 is 2.08 bits per heavy atom. The van der Waals surface area contributed by atoms with Gasteiger partial charge in [-0.2, -0.15) is 0 Å². The van der Waals surface area contributed by atoms with E-state index in [1.807, 2.05) is 0 Å². The van der Waals surface area contributed by atoms with Crippen molar-refractivity contribution in [3.05, 3.63) is 70.5 Å². The number of benzene rings is 1. The molecule has 24 heavy (non-hydrogen) atoms. The van der Waals surface area contributed by atoms with Gasteiger partial charge in [0, 0.05) is 24.9 Å². The molecule has 0 aliphatic carbocycles. The lowest BCUT2D eigenvalue weighted by atomic mass is 10.2. The zero-order valence-corrected chi connectivity index (χ0v) is 12.9. The Morgan fingerprint density at radius 1 is 1.25 bits per heavy atom. The predicted molar refractivity (Wildman–Crippen MR) is 89.5 cm³/mol. The molecule has 0 saturated heterocycles. The summed E-state index contributed by atoms with van der Waals surface area (Å²) in [5.74, 6) is -0.696. The van der Waals surface area contributed by atoms with E-state index < -0.39 is 5.82 Å². The van der Waals surface area contributed by atoms with Crippen LogP contribution in [0.5, 0.6) is 0 Å². The third-order valence-electron chi connectivity index (χ3n) is 3.37. The number of anilines is 2. The summed E-state index contributed by atoms with van der Waals surface area (Å²) in [6.07, 6.45) is 1.64. The predicted octanol–water partition coefficient (Wildman–Crippen LogP) is 2.40. The molecule has 122 valence electrons. The molecule has 0 saturated carbocycles. The molecule has 0 aliphatic rings. The van der Waals surface area contributed by atoms with Gasteiger partial charge in [-0.05, 0) is 30.3 Å². The van der Waals surface area contributed by atoms with E-state index in [9.17, 15) is 14.0 Å². The molecule has 2 aromatic heterocycles.